The van der Waals surface area contributed by atoms with E-state index < -0.39 is 0 Å². The molecule has 0 radical (unpaired) electrons. The average molecular weight is 279 g/mol. The molecule has 0 amide bonds. The molecule has 1 saturated heterocycles. The minimum absolute atomic E-state index is 0.447. The van der Waals surface area contributed by atoms with Crippen LogP contribution in [0.15, 0.2) is 10.7 Å². The smallest absolute Gasteiger partial charge is 0.297 e. The van der Waals surface area contributed by atoms with Gasteiger partial charge in [0.2, 0.25) is 0 Å². The lowest BCUT2D eigenvalue weighted by Gasteiger charge is -2.22. The maximum Gasteiger partial charge on any atom is 0.297 e. The van der Waals surface area contributed by atoms with Gasteiger partial charge in [-0.3, -0.25) is 0 Å². The van der Waals surface area contributed by atoms with Gasteiger partial charge in [0.15, 0.2) is 0 Å². The van der Waals surface area contributed by atoms with Crippen molar-refractivity contribution in [2.75, 3.05) is 24.5 Å². The number of rotatable bonds is 5. The van der Waals surface area contributed by atoms with E-state index >= 15 is 0 Å². The van der Waals surface area contributed by atoms with Gasteiger partial charge in [-0.25, -0.2) is 0 Å². The molecule has 1 aromatic heterocycles. The Morgan fingerprint density at radius 3 is 2.90 bits per heavy atom. The first-order valence-electron chi connectivity index (χ1n) is 7.86. The second-order valence-corrected chi connectivity index (χ2v) is 7.15. The van der Waals surface area contributed by atoms with Crippen molar-refractivity contribution >= 4 is 6.01 Å². The molecule has 1 fully saturated rings. The quantitative estimate of drug-likeness (QED) is 0.896. The van der Waals surface area contributed by atoms with E-state index in [1.807, 2.05) is 0 Å². The van der Waals surface area contributed by atoms with E-state index in [0.717, 1.165) is 37.9 Å². The largest absolute Gasteiger partial charge is 0.432 e. The van der Waals surface area contributed by atoms with E-state index in [-0.39, 0.29) is 0 Å². The van der Waals surface area contributed by atoms with Gasteiger partial charge in [0.1, 0.15) is 6.26 Å². The molecule has 1 aliphatic rings. The first-order chi connectivity index (χ1) is 9.46. The maximum atomic E-state index is 5.66. The molecule has 0 atom stereocenters. The Kier molecular flexibility index (Phi) is 5.08. The SMILES string of the molecule is CC(C)CNCc1coc(N2CCCC(C)(C)CC2)n1. The fraction of sp³-hybridized carbons (Fsp3) is 0.812. The summed E-state index contributed by atoms with van der Waals surface area (Å²) in [6.45, 7) is 13.0. The summed E-state index contributed by atoms with van der Waals surface area (Å²) in [4.78, 5) is 6.91. The lowest BCUT2D eigenvalue weighted by molar-refractivity contribution is 0.324. The highest BCUT2D eigenvalue weighted by Crippen LogP contribution is 2.31. The van der Waals surface area contributed by atoms with Crippen LogP contribution in [0.25, 0.3) is 0 Å². The number of hydrogen-bond donors (Lipinski definition) is 1. The second kappa shape index (κ2) is 6.61. The second-order valence-electron chi connectivity index (χ2n) is 7.15. The molecule has 0 bridgehead atoms. The van der Waals surface area contributed by atoms with Crippen LogP contribution >= 0.6 is 0 Å². The third-order valence-corrected chi connectivity index (χ3v) is 4.01. The summed E-state index contributed by atoms with van der Waals surface area (Å²) in [6, 6.07) is 0.795. The monoisotopic (exact) mass is 279 g/mol. The molecule has 0 spiro atoms. The maximum absolute atomic E-state index is 5.66. The van der Waals surface area contributed by atoms with E-state index in [4.69, 9.17) is 4.42 Å². The van der Waals surface area contributed by atoms with Gasteiger partial charge in [0.05, 0.1) is 5.69 Å². The minimum atomic E-state index is 0.447. The molecule has 4 nitrogen and oxygen atoms in total. The fourth-order valence-electron chi connectivity index (χ4n) is 2.63. The summed E-state index contributed by atoms with van der Waals surface area (Å²) >= 11 is 0. The van der Waals surface area contributed by atoms with E-state index in [0.29, 0.717) is 11.3 Å². The van der Waals surface area contributed by atoms with Crippen LogP contribution in [-0.4, -0.2) is 24.6 Å². The predicted molar refractivity (Wildman–Crippen MR) is 82.9 cm³/mol. The Morgan fingerprint density at radius 1 is 1.35 bits per heavy atom. The Bertz CT molecular complexity index is 412. The highest BCUT2D eigenvalue weighted by Gasteiger charge is 2.24. The fourth-order valence-corrected chi connectivity index (χ4v) is 2.63. The van der Waals surface area contributed by atoms with Gasteiger partial charge in [0.25, 0.3) is 6.01 Å². The van der Waals surface area contributed by atoms with Crippen LogP contribution in [0, 0.1) is 11.3 Å². The Hall–Kier alpha value is -1.03. The lowest BCUT2D eigenvalue weighted by Crippen LogP contribution is -2.25. The van der Waals surface area contributed by atoms with Gasteiger partial charge in [-0.05, 0) is 37.1 Å². The van der Waals surface area contributed by atoms with Gasteiger partial charge >= 0.3 is 0 Å². The van der Waals surface area contributed by atoms with Crippen molar-refractivity contribution in [3.05, 3.63) is 12.0 Å². The van der Waals surface area contributed by atoms with Gasteiger partial charge in [0, 0.05) is 19.6 Å². The topological polar surface area (TPSA) is 41.3 Å². The summed E-state index contributed by atoms with van der Waals surface area (Å²) < 4.78 is 5.66. The number of nitrogens with one attached hydrogen (secondary N) is 1. The highest BCUT2D eigenvalue weighted by atomic mass is 16.4. The van der Waals surface area contributed by atoms with Crippen LogP contribution < -0.4 is 10.2 Å². The third-order valence-electron chi connectivity index (χ3n) is 4.01. The predicted octanol–water partition coefficient (Wildman–Crippen LogP) is 3.44. The van der Waals surface area contributed by atoms with Gasteiger partial charge < -0.3 is 14.6 Å². The number of hydrogen-bond acceptors (Lipinski definition) is 4. The molecular weight excluding hydrogens is 250 g/mol. The summed E-state index contributed by atoms with van der Waals surface area (Å²) in [6.07, 6.45) is 5.50. The number of anilines is 1. The zero-order valence-corrected chi connectivity index (χ0v) is 13.4. The molecule has 1 aromatic rings. The highest BCUT2D eigenvalue weighted by molar-refractivity contribution is 5.27. The van der Waals surface area contributed by atoms with Crippen LogP contribution in [0.2, 0.25) is 0 Å². The van der Waals surface area contributed by atoms with Crippen LogP contribution in [0.1, 0.15) is 52.7 Å². The summed E-state index contributed by atoms with van der Waals surface area (Å²) in [5.41, 5.74) is 1.45. The molecule has 0 unspecified atom stereocenters. The molecule has 2 rings (SSSR count). The third kappa shape index (κ3) is 4.51. The summed E-state index contributed by atoms with van der Waals surface area (Å²) in [5, 5.41) is 3.40. The molecule has 4 heteroatoms. The summed E-state index contributed by atoms with van der Waals surface area (Å²) in [7, 11) is 0. The van der Waals surface area contributed by atoms with Gasteiger partial charge in [-0.1, -0.05) is 27.7 Å². The van der Waals surface area contributed by atoms with Crippen molar-refractivity contribution in [2.24, 2.45) is 11.3 Å². The molecule has 0 aromatic carbocycles. The molecule has 1 aliphatic heterocycles. The zero-order chi connectivity index (χ0) is 14.6. The van der Waals surface area contributed by atoms with Crippen molar-refractivity contribution in [1.29, 1.82) is 0 Å². The van der Waals surface area contributed by atoms with Gasteiger partial charge in [-0.2, -0.15) is 4.98 Å². The van der Waals surface area contributed by atoms with E-state index in [9.17, 15) is 0 Å². The first kappa shape index (κ1) is 15.4. The molecule has 20 heavy (non-hydrogen) atoms. The molecule has 2 heterocycles. The van der Waals surface area contributed by atoms with Crippen LogP contribution in [0.5, 0.6) is 0 Å². The molecular formula is C16H29N3O. The molecule has 1 N–H and O–H groups in total. The lowest BCUT2D eigenvalue weighted by atomic mass is 9.85. The minimum Gasteiger partial charge on any atom is -0.432 e. The standard InChI is InChI=1S/C16H29N3O/c1-13(2)10-17-11-14-12-20-15(18-14)19-8-5-6-16(3,4)7-9-19/h12-13,17H,5-11H2,1-4H3. The Morgan fingerprint density at radius 2 is 2.15 bits per heavy atom. The van der Waals surface area contributed by atoms with Crippen molar-refractivity contribution in [1.82, 2.24) is 10.3 Å². The van der Waals surface area contributed by atoms with Crippen LogP contribution in [0.3, 0.4) is 0 Å². The van der Waals surface area contributed by atoms with Crippen LogP contribution in [-0.2, 0) is 6.54 Å². The average Bonchev–Trinajstić information content (AvgIpc) is 2.74. The van der Waals surface area contributed by atoms with Gasteiger partial charge in [-0.15, -0.1) is 0 Å². The number of oxazole rings is 1. The van der Waals surface area contributed by atoms with E-state index in [2.05, 4.69) is 42.9 Å². The van der Waals surface area contributed by atoms with Crippen molar-refractivity contribution < 1.29 is 4.42 Å². The molecule has 114 valence electrons. The normalized spacial score (nSPS) is 19.4. The zero-order valence-electron chi connectivity index (χ0n) is 13.4. The molecule has 0 saturated carbocycles. The first-order valence-corrected chi connectivity index (χ1v) is 7.86. The Balaban J connectivity index is 1.88. The number of nitrogens with zero attached hydrogens (tertiary/aromatic N) is 2. The van der Waals surface area contributed by atoms with Crippen LogP contribution in [0.4, 0.5) is 6.01 Å². The molecule has 0 aliphatic carbocycles. The van der Waals surface area contributed by atoms with E-state index in [1.165, 1.54) is 19.3 Å². The number of aromatic nitrogens is 1. The van der Waals surface area contributed by atoms with Crippen molar-refractivity contribution in [3.63, 3.8) is 0 Å². The van der Waals surface area contributed by atoms with Crippen molar-refractivity contribution in [3.8, 4) is 0 Å². The van der Waals surface area contributed by atoms with E-state index in [1.54, 1.807) is 6.26 Å². The summed E-state index contributed by atoms with van der Waals surface area (Å²) in [5.74, 6) is 0.661. The van der Waals surface area contributed by atoms with Crippen molar-refractivity contribution in [2.45, 2.75) is 53.5 Å². The Labute approximate surface area is 122 Å².